The van der Waals surface area contributed by atoms with E-state index < -0.39 is 0 Å². The SMILES string of the molecule is C=Cc1ccc(N2CCN(C)CC2)nc1.CNc1cc2cc(-c3cnn(C)c3)ccc2cn1. The number of nitrogens with zero attached hydrogens (tertiary/aromatic N) is 6. The Morgan fingerprint density at radius 3 is 2.33 bits per heavy atom. The number of likely N-dealkylation sites (N-methyl/N-ethyl adjacent to an activating group) is 1. The number of aromatic nitrogens is 4. The maximum Gasteiger partial charge on any atom is 0.128 e. The third kappa shape index (κ3) is 5.56. The molecule has 4 aromatic rings. The lowest BCUT2D eigenvalue weighted by molar-refractivity contribution is 0.312. The number of anilines is 2. The molecule has 5 rings (SSSR count). The normalized spacial score (nSPS) is 14.0. The molecule has 4 heterocycles. The highest BCUT2D eigenvalue weighted by Crippen LogP contribution is 2.25. The Balaban J connectivity index is 0.000000160. The number of benzene rings is 1. The first-order valence-corrected chi connectivity index (χ1v) is 11.1. The molecule has 1 aromatic carbocycles. The fourth-order valence-corrected chi connectivity index (χ4v) is 3.77. The first-order valence-electron chi connectivity index (χ1n) is 11.1. The fourth-order valence-electron chi connectivity index (χ4n) is 3.77. The highest BCUT2D eigenvalue weighted by Gasteiger charge is 2.14. The molecule has 170 valence electrons. The summed E-state index contributed by atoms with van der Waals surface area (Å²) in [6.07, 6.45) is 9.47. The predicted octanol–water partition coefficient (Wildman–Crippen LogP) is 4.15. The Kier molecular flexibility index (Phi) is 7.00. The molecule has 1 N–H and O–H groups in total. The van der Waals surface area contributed by atoms with Gasteiger partial charge >= 0.3 is 0 Å². The van der Waals surface area contributed by atoms with Gasteiger partial charge in [0.05, 0.1) is 6.20 Å². The van der Waals surface area contributed by atoms with E-state index in [1.54, 1.807) is 0 Å². The third-order valence-corrected chi connectivity index (χ3v) is 5.85. The zero-order valence-electron chi connectivity index (χ0n) is 19.6. The van der Waals surface area contributed by atoms with Crippen molar-refractivity contribution < 1.29 is 0 Å². The fraction of sp³-hybridized carbons (Fsp3) is 0.269. The first-order chi connectivity index (χ1) is 16.1. The monoisotopic (exact) mass is 441 g/mol. The molecule has 7 heteroatoms. The van der Waals surface area contributed by atoms with Crippen molar-refractivity contribution in [1.82, 2.24) is 24.6 Å². The van der Waals surface area contributed by atoms with Gasteiger partial charge in [-0.1, -0.05) is 24.8 Å². The van der Waals surface area contributed by atoms with E-state index >= 15 is 0 Å². The molecule has 1 saturated heterocycles. The number of pyridine rings is 2. The Morgan fingerprint density at radius 1 is 0.879 bits per heavy atom. The molecule has 7 nitrogen and oxygen atoms in total. The Bertz CT molecular complexity index is 1210. The van der Waals surface area contributed by atoms with Gasteiger partial charge in [0.25, 0.3) is 0 Å². The van der Waals surface area contributed by atoms with Crippen molar-refractivity contribution in [2.45, 2.75) is 0 Å². The number of aryl methyl sites for hydroxylation is 1. The minimum atomic E-state index is 0.880. The highest BCUT2D eigenvalue weighted by atomic mass is 15.3. The van der Waals surface area contributed by atoms with Crippen molar-refractivity contribution in [3.8, 4) is 11.1 Å². The molecule has 0 unspecified atom stereocenters. The zero-order valence-corrected chi connectivity index (χ0v) is 19.6. The summed E-state index contributed by atoms with van der Waals surface area (Å²) in [7, 11) is 5.96. The lowest BCUT2D eigenvalue weighted by Crippen LogP contribution is -2.44. The Labute approximate surface area is 195 Å². The first kappa shape index (κ1) is 22.5. The number of hydrogen-bond acceptors (Lipinski definition) is 6. The van der Waals surface area contributed by atoms with E-state index in [9.17, 15) is 0 Å². The van der Waals surface area contributed by atoms with Gasteiger partial charge in [-0.25, -0.2) is 9.97 Å². The molecule has 0 atom stereocenters. The van der Waals surface area contributed by atoms with Gasteiger partial charge in [-0.15, -0.1) is 0 Å². The van der Waals surface area contributed by atoms with Crippen LogP contribution in [0.25, 0.3) is 28.0 Å². The summed E-state index contributed by atoms with van der Waals surface area (Å²) >= 11 is 0. The van der Waals surface area contributed by atoms with Crippen molar-refractivity contribution in [2.24, 2.45) is 7.05 Å². The van der Waals surface area contributed by atoms with E-state index in [0.717, 1.165) is 54.3 Å². The van der Waals surface area contributed by atoms with Crippen LogP contribution in [0.2, 0.25) is 0 Å². The summed E-state index contributed by atoms with van der Waals surface area (Å²) in [6.45, 7) is 8.09. The molecule has 0 aliphatic carbocycles. The van der Waals surface area contributed by atoms with Crippen LogP contribution in [0.5, 0.6) is 0 Å². The Hall–Kier alpha value is -3.71. The number of nitrogens with one attached hydrogen (secondary N) is 1. The summed E-state index contributed by atoms with van der Waals surface area (Å²) in [5, 5.41) is 9.57. The summed E-state index contributed by atoms with van der Waals surface area (Å²) in [6, 6.07) is 12.5. The third-order valence-electron chi connectivity index (χ3n) is 5.85. The van der Waals surface area contributed by atoms with E-state index in [1.807, 2.05) is 49.6 Å². The second-order valence-corrected chi connectivity index (χ2v) is 8.23. The van der Waals surface area contributed by atoms with Crippen LogP contribution in [-0.4, -0.2) is 64.9 Å². The standard InChI is InChI=1S/C14H14N4.C12H17N3/c1-15-14-6-12-5-10(3-4-11(12)7-16-14)13-8-17-18(2)9-13;1-3-11-4-5-12(13-10-11)15-8-6-14(2)7-9-15/h3-9H,1-2H3,(H,15,16);3-5,10H,1,6-9H2,2H3. The van der Waals surface area contributed by atoms with E-state index in [-0.39, 0.29) is 0 Å². The van der Waals surface area contributed by atoms with Gasteiger partial charge < -0.3 is 15.1 Å². The van der Waals surface area contributed by atoms with Crippen LogP contribution in [0.3, 0.4) is 0 Å². The molecule has 1 aliphatic rings. The molecule has 0 bridgehead atoms. The zero-order chi connectivity index (χ0) is 23.2. The van der Waals surface area contributed by atoms with Gasteiger partial charge in [-0.05, 0) is 47.8 Å². The smallest absolute Gasteiger partial charge is 0.128 e. The average Bonchev–Trinajstić information content (AvgIpc) is 3.30. The van der Waals surface area contributed by atoms with Crippen molar-refractivity contribution in [3.63, 3.8) is 0 Å². The summed E-state index contributed by atoms with van der Waals surface area (Å²) < 4.78 is 1.81. The van der Waals surface area contributed by atoms with Gasteiger partial charge in [-0.2, -0.15) is 5.10 Å². The van der Waals surface area contributed by atoms with Crippen LogP contribution < -0.4 is 10.2 Å². The van der Waals surface area contributed by atoms with Crippen LogP contribution >= 0.6 is 0 Å². The molecule has 1 fully saturated rings. The van der Waals surface area contributed by atoms with Crippen LogP contribution in [-0.2, 0) is 7.05 Å². The van der Waals surface area contributed by atoms with Crippen molar-refractivity contribution >= 4 is 28.5 Å². The summed E-state index contributed by atoms with van der Waals surface area (Å²) in [4.78, 5) is 13.4. The lowest BCUT2D eigenvalue weighted by atomic mass is 10.1. The minimum absolute atomic E-state index is 0.880. The number of hydrogen-bond donors (Lipinski definition) is 1. The molecule has 3 aromatic heterocycles. The second kappa shape index (κ2) is 10.3. The minimum Gasteiger partial charge on any atom is -0.373 e. The van der Waals surface area contributed by atoms with Gasteiger partial charge in [-0.3, -0.25) is 4.68 Å². The van der Waals surface area contributed by atoms with E-state index in [1.165, 1.54) is 10.9 Å². The van der Waals surface area contributed by atoms with Gasteiger partial charge in [0, 0.05) is 69.8 Å². The van der Waals surface area contributed by atoms with Crippen molar-refractivity contribution in [3.05, 3.63) is 73.3 Å². The summed E-state index contributed by atoms with van der Waals surface area (Å²) in [5.41, 5.74) is 3.37. The lowest BCUT2D eigenvalue weighted by Gasteiger charge is -2.33. The quantitative estimate of drug-likeness (QED) is 0.513. The molecule has 0 spiro atoms. The van der Waals surface area contributed by atoms with Gasteiger partial charge in [0.1, 0.15) is 11.6 Å². The van der Waals surface area contributed by atoms with Crippen LogP contribution in [0, 0.1) is 0 Å². The number of piperazine rings is 1. The molecule has 0 radical (unpaired) electrons. The maximum atomic E-state index is 4.43. The molecular weight excluding hydrogens is 410 g/mol. The maximum absolute atomic E-state index is 4.43. The van der Waals surface area contributed by atoms with Crippen LogP contribution in [0.15, 0.2) is 67.8 Å². The highest BCUT2D eigenvalue weighted by molar-refractivity contribution is 5.88. The summed E-state index contributed by atoms with van der Waals surface area (Å²) in [5.74, 6) is 1.96. The largest absolute Gasteiger partial charge is 0.373 e. The Morgan fingerprint density at radius 2 is 1.70 bits per heavy atom. The van der Waals surface area contributed by atoms with Crippen LogP contribution in [0.4, 0.5) is 11.6 Å². The topological polar surface area (TPSA) is 62.1 Å². The molecule has 0 saturated carbocycles. The molecule has 0 amide bonds. The molecule has 33 heavy (non-hydrogen) atoms. The van der Waals surface area contributed by atoms with E-state index in [4.69, 9.17) is 0 Å². The van der Waals surface area contributed by atoms with Crippen molar-refractivity contribution in [2.75, 3.05) is 50.5 Å². The van der Waals surface area contributed by atoms with Crippen molar-refractivity contribution in [1.29, 1.82) is 0 Å². The predicted molar refractivity (Wildman–Crippen MR) is 138 cm³/mol. The molecular formula is C26H31N7. The number of rotatable bonds is 4. The molecule has 1 aliphatic heterocycles. The van der Waals surface area contributed by atoms with Crippen LogP contribution in [0.1, 0.15) is 5.56 Å². The van der Waals surface area contributed by atoms with E-state index in [0.29, 0.717) is 0 Å². The van der Waals surface area contributed by atoms with E-state index in [2.05, 4.69) is 80.2 Å². The second-order valence-electron chi connectivity index (χ2n) is 8.23. The van der Waals surface area contributed by atoms with Gasteiger partial charge in [0.15, 0.2) is 0 Å². The number of fused-ring (bicyclic) bond motifs is 1. The van der Waals surface area contributed by atoms with Gasteiger partial charge in [0.2, 0.25) is 0 Å². The average molecular weight is 442 g/mol.